The molecule has 306 valence electrons. The van der Waals surface area contributed by atoms with Gasteiger partial charge in [0, 0.05) is 22.8 Å². The molecule has 0 bridgehead atoms. The molecule has 0 amide bonds. The van der Waals surface area contributed by atoms with Crippen LogP contribution >= 0.6 is 0 Å². The molecule has 1 aliphatic heterocycles. The van der Waals surface area contributed by atoms with Gasteiger partial charge in [-0.3, -0.25) is 0 Å². The maximum absolute atomic E-state index is 11.7. The SMILES string of the molecule is CCCCCCCCCCCCCCCCCC=CCCCc1ccccc1C1=CC(CCCC)=C(c2cccc(CCCCC)c2)[N+]1=[N-].C[CH2][Ni][CH2]C. The van der Waals surface area contributed by atoms with Crippen LogP contribution in [0.1, 0.15) is 211 Å². The number of hydrogen-bond acceptors (Lipinski definition) is 0. The molecule has 0 unspecified atom stereocenters. The van der Waals surface area contributed by atoms with Gasteiger partial charge in [-0.15, -0.1) is 0 Å². The Morgan fingerprint density at radius 2 is 1.09 bits per heavy atom. The van der Waals surface area contributed by atoms with Crippen LogP contribution in [-0.4, -0.2) is 4.70 Å². The van der Waals surface area contributed by atoms with E-state index in [0.29, 0.717) is 0 Å². The summed E-state index contributed by atoms with van der Waals surface area (Å²) in [6.07, 6.45) is 41.0. The minimum absolute atomic E-state index is 0.928. The van der Waals surface area contributed by atoms with Crippen LogP contribution in [0.5, 0.6) is 0 Å². The molecule has 0 atom stereocenters. The van der Waals surface area contributed by atoms with Gasteiger partial charge in [0.25, 0.3) is 0 Å². The predicted molar refractivity (Wildman–Crippen MR) is 237 cm³/mol. The van der Waals surface area contributed by atoms with E-state index in [1.165, 1.54) is 154 Å². The van der Waals surface area contributed by atoms with Crippen molar-refractivity contribution in [3.8, 4) is 0 Å². The Hall–Kier alpha value is -2.25. The molecule has 0 saturated carbocycles. The molecular formula is C51H82N2Ni. The molecule has 1 aliphatic rings. The number of aryl methyl sites for hydroxylation is 2. The third kappa shape index (κ3) is 20.6. The number of rotatable bonds is 31. The van der Waals surface area contributed by atoms with Crippen LogP contribution in [0.3, 0.4) is 0 Å². The normalized spacial score (nSPS) is 12.9. The van der Waals surface area contributed by atoms with E-state index in [-0.39, 0.29) is 0 Å². The Labute approximate surface area is 341 Å². The minimum atomic E-state index is 0.928. The number of benzene rings is 2. The fraction of sp³-hybridized carbons (Fsp3) is 0.647. The Morgan fingerprint density at radius 3 is 1.69 bits per heavy atom. The summed E-state index contributed by atoms with van der Waals surface area (Å²) in [7, 11) is 0. The summed E-state index contributed by atoms with van der Waals surface area (Å²) in [6, 6.07) is 17.6. The van der Waals surface area contributed by atoms with Gasteiger partial charge >= 0.3 is 39.1 Å². The zero-order chi connectivity index (χ0) is 38.9. The molecule has 0 aromatic heterocycles. The van der Waals surface area contributed by atoms with Crippen LogP contribution in [0.25, 0.3) is 16.9 Å². The average Bonchev–Trinajstić information content (AvgIpc) is 3.52. The van der Waals surface area contributed by atoms with Crippen molar-refractivity contribution < 1.29 is 19.1 Å². The standard InChI is InChI=1S/C47H72N2.2C2H5.Ni/c1-4-7-10-11-12-13-14-15-16-17-18-19-20-21-22-23-24-25-26-28-35-42-36-29-30-38-45(42)46-40-44(34-9-6-3)47(49(46)48)43-37-31-33-41(39-43)32-27-8-5-2;2*1-2;/h24-25,29-31,33,36-40H,4-23,26-28,32,34-35H2,1-3H3;2*1H2,2H3;. The molecule has 2 aromatic rings. The molecule has 0 N–H and O–H groups in total. The van der Waals surface area contributed by atoms with E-state index in [0.717, 1.165) is 67.5 Å². The van der Waals surface area contributed by atoms with Crippen molar-refractivity contribution in [2.45, 2.75) is 212 Å². The molecule has 0 fully saturated rings. The second-order valence-corrected chi connectivity index (χ2v) is 17.2. The summed E-state index contributed by atoms with van der Waals surface area (Å²) in [5, 5.41) is 2.56. The van der Waals surface area contributed by atoms with Gasteiger partial charge in [-0.25, -0.2) is 4.70 Å². The quantitative estimate of drug-likeness (QED) is 0.0315. The van der Waals surface area contributed by atoms with Gasteiger partial charge in [-0.1, -0.05) is 172 Å². The Morgan fingerprint density at radius 1 is 0.537 bits per heavy atom. The summed E-state index contributed by atoms with van der Waals surface area (Å²) < 4.78 is 1.49. The van der Waals surface area contributed by atoms with E-state index in [1.807, 2.05) is 14.4 Å². The zero-order valence-electron chi connectivity index (χ0n) is 35.9. The second kappa shape index (κ2) is 32.9. The number of allylic oxidation sites excluding steroid dienone is 4. The maximum atomic E-state index is 11.7. The molecule has 0 spiro atoms. The molecule has 2 nitrogen and oxygen atoms in total. The Balaban J connectivity index is 0.00000188. The third-order valence-electron chi connectivity index (χ3n) is 10.7. The molecule has 0 aliphatic carbocycles. The third-order valence-corrected chi connectivity index (χ3v) is 11.7. The van der Waals surface area contributed by atoms with E-state index in [1.54, 1.807) is 0 Å². The second-order valence-electron chi connectivity index (χ2n) is 15.3. The zero-order valence-corrected chi connectivity index (χ0v) is 36.8. The summed E-state index contributed by atoms with van der Waals surface area (Å²) in [6.45, 7) is 11.2. The van der Waals surface area contributed by atoms with Gasteiger partial charge in [0.1, 0.15) is 0 Å². The molecule has 0 saturated heterocycles. The van der Waals surface area contributed by atoms with Crippen LogP contribution in [0.2, 0.25) is 10.8 Å². The van der Waals surface area contributed by atoms with Gasteiger partial charge in [0.15, 0.2) is 0 Å². The van der Waals surface area contributed by atoms with Gasteiger partial charge in [0.2, 0.25) is 11.4 Å². The molecule has 3 rings (SSSR count). The van der Waals surface area contributed by atoms with Crippen LogP contribution < -0.4 is 0 Å². The number of hydrogen-bond donors (Lipinski definition) is 0. The van der Waals surface area contributed by atoms with Crippen LogP contribution in [0.4, 0.5) is 0 Å². The van der Waals surface area contributed by atoms with Crippen molar-refractivity contribution in [2.24, 2.45) is 0 Å². The van der Waals surface area contributed by atoms with Crippen molar-refractivity contribution in [3.63, 3.8) is 0 Å². The Bertz CT molecular complexity index is 1330. The summed E-state index contributed by atoms with van der Waals surface area (Å²) >= 11 is 1.82. The first-order valence-electron chi connectivity index (χ1n) is 22.8. The topological polar surface area (TPSA) is 25.3 Å². The van der Waals surface area contributed by atoms with Crippen LogP contribution in [0, 0.1) is 0 Å². The van der Waals surface area contributed by atoms with E-state index < -0.39 is 0 Å². The Kier molecular flexibility index (Phi) is 29.2. The molecule has 2 aromatic carbocycles. The predicted octanol–water partition coefficient (Wildman–Crippen LogP) is 17.5. The molecule has 54 heavy (non-hydrogen) atoms. The molecule has 1 heterocycles. The van der Waals surface area contributed by atoms with Crippen LogP contribution in [0.15, 0.2) is 72.3 Å². The van der Waals surface area contributed by atoms with Crippen molar-refractivity contribution in [2.75, 3.05) is 0 Å². The van der Waals surface area contributed by atoms with E-state index in [4.69, 9.17) is 0 Å². The van der Waals surface area contributed by atoms with Crippen molar-refractivity contribution in [1.29, 1.82) is 0 Å². The fourth-order valence-corrected chi connectivity index (χ4v) is 7.98. The number of unbranched alkanes of at least 4 members (excludes halogenated alkanes) is 19. The first-order chi connectivity index (χ1) is 26.6. The first-order valence-corrected chi connectivity index (χ1v) is 24.2. The molecule has 3 heteroatoms. The van der Waals surface area contributed by atoms with E-state index in [9.17, 15) is 5.53 Å². The van der Waals surface area contributed by atoms with Gasteiger partial charge < -0.3 is 5.53 Å². The van der Waals surface area contributed by atoms with Gasteiger partial charge in [-0.05, 0) is 87.1 Å². The van der Waals surface area contributed by atoms with Gasteiger partial charge in [-0.2, -0.15) is 0 Å². The van der Waals surface area contributed by atoms with Crippen molar-refractivity contribution in [1.82, 2.24) is 0 Å². The summed E-state index contributed by atoms with van der Waals surface area (Å²) in [5.41, 5.74) is 19.8. The molecular weight excluding hydrogens is 699 g/mol. The monoisotopic (exact) mass is 781 g/mol. The first kappa shape index (κ1) is 47.9. The number of nitrogens with zero attached hydrogens (tertiary/aromatic N) is 2. The van der Waals surface area contributed by atoms with Gasteiger partial charge in [0.05, 0.1) is 0 Å². The summed E-state index contributed by atoms with van der Waals surface area (Å²) in [5.74, 6) is 0. The fourth-order valence-electron chi connectivity index (χ4n) is 7.49. The van der Waals surface area contributed by atoms with Crippen LogP contribution in [-0.2, 0) is 27.3 Å². The van der Waals surface area contributed by atoms with E-state index in [2.05, 4.69) is 101 Å². The van der Waals surface area contributed by atoms with Crippen molar-refractivity contribution in [3.05, 3.63) is 100 Å². The van der Waals surface area contributed by atoms with E-state index >= 15 is 0 Å². The summed E-state index contributed by atoms with van der Waals surface area (Å²) in [4.78, 5) is 0. The van der Waals surface area contributed by atoms with Crippen molar-refractivity contribution >= 4 is 11.4 Å². The molecule has 0 radical (unpaired) electrons. The average molecular weight is 782 g/mol.